The van der Waals surface area contributed by atoms with Crippen LogP contribution in [-0.4, -0.2) is 12.2 Å². The van der Waals surface area contributed by atoms with Crippen molar-refractivity contribution < 1.29 is 14.2 Å². The maximum atomic E-state index is 13.1. The maximum Gasteiger partial charge on any atom is 0.124 e. The third-order valence-electron chi connectivity index (χ3n) is 3.34. The number of methoxy groups -OCH3 is 1. The van der Waals surface area contributed by atoms with Gasteiger partial charge in [-0.15, -0.1) is 0 Å². The molecular weight excluding hydrogens is 323 g/mol. The number of aliphatic hydroxyl groups excluding tert-OH is 1. The Morgan fingerprint density at radius 3 is 2.40 bits per heavy atom. The minimum atomic E-state index is -0.811. The predicted octanol–water partition coefficient (Wildman–Crippen LogP) is 4.30. The summed E-state index contributed by atoms with van der Waals surface area (Å²) in [5.74, 6) is 0.451. The molecule has 106 valence electrons. The van der Waals surface area contributed by atoms with Crippen LogP contribution in [0.3, 0.4) is 0 Å². The second-order valence-corrected chi connectivity index (χ2v) is 5.60. The van der Waals surface area contributed by atoms with Crippen molar-refractivity contribution in [3.8, 4) is 5.75 Å². The van der Waals surface area contributed by atoms with Crippen molar-refractivity contribution in [3.63, 3.8) is 0 Å². The zero-order valence-corrected chi connectivity index (χ0v) is 13.2. The lowest BCUT2D eigenvalue weighted by molar-refractivity contribution is 0.218. The Kier molecular flexibility index (Phi) is 4.45. The molecule has 0 aliphatic carbocycles. The molecule has 20 heavy (non-hydrogen) atoms. The van der Waals surface area contributed by atoms with Gasteiger partial charge in [0.25, 0.3) is 0 Å². The number of hydrogen-bond acceptors (Lipinski definition) is 2. The number of aliphatic hydroxyl groups is 1. The molecule has 0 radical (unpaired) electrons. The van der Waals surface area contributed by atoms with E-state index in [1.165, 1.54) is 12.1 Å². The highest BCUT2D eigenvalue weighted by Crippen LogP contribution is 2.33. The lowest BCUT2D eigenvalue weighted by atomic mass is 9.95. The standard InChI is InChI=1S/C16H16BrFO2/c1-9-7-15(20-3)10(2)6-13(9)16(19)12-5-4-11(18)8-14(12)17/h4-8,16,19H,1-3H3. The van der Waals surface area contributed by atoms with Crippen LogP contribution in [0.25, 0.3) is 0 Å². The molecule has 0 bridgehead atoms. The first-order chi connectivity index (χ1) is 9.43. The zero-order chi connectivity index (χ0) is 14.9. The van der Waals surface area contributed by atoms with E-state index in [1.807, 2.05) is 26.0 Å². The van der Waals surface area contributed by atoms with Crippen LogP contribution >= 0.6 is 15.9 Å². The summed E-state index contributed by atoms with van der Waals surface area (Å²) in [4.78, 5) is 0. The summed E-state index contributed by atoms with van der Waals surface area (Å²) in [5, 5.41) is 10.5. The molecule has 0 aromatic heterocycles. The van der Waals surface area contributed by atoms with Gasteiger partial charge in [0, 0.05) is 4.47 Å². The summed E-state index contributed by atoms with van der Waals surface area (Å²) in [6.45, 7) is 3.84. The lowest BCUT2D eigenvalue weighted by Crippen LogP contribution is -2.04. The molecule has 0 heterocycles. The summed E-state index contributed by atoms with van der Waals surface area (Å²) in [6, 6.07) is 8.07. The van der Waals surface area contributed by atoms with Crippen LogP contribution < -0.4 is 4.74 Å². The van der Waals surface area contributed by atoms with Crippen molar-refractivity contribution in [1.29, 1.82) is 0 Å². The normalized spacial score (nSPS) is 12.3. The number of hydrogen-bond donors (Lipinski definition) is 1. The van der Waals surface area contributed by atoms with Gasteiger partial charge in [-0.3, -0.25) is 0 Å². The molecule has 0 saturated carbocycles. The Hall–Kier alpha value is -1.39. The minimum Gasteiger partial charge on any atom is -0.496 e. The monoisotopic (exact) mass is 338 g/mol. The van der Waals surface area contributed by atoms with Gasteiger partial charge in [0.15, 0.2) is 0 Å². The average molecular weight is 339 g/mol. The number of ether oxygens (including phenoxy) is 1. The van der Waals surface area contributed by atoms with Crippen LogP contribution in [0, 0.1) is 19.7 Å². The quantitative estimate of drug-likeness (QED) is 0.904. The first kappa shape index (κ1) is 15.0. The lowest BCUT2D eigenvalue weighted by Gasteiger charge is -2.18. The smallest absolute Gasteiger partial charge is 0.124 e. The Balaban J connectivity index is 2.48. The summed E-state index contributed by atoms with van der Waals surface area (Å²) < 4.78 is 18.9. The van der Waals surface area contributed by atoms with Crippen LogP contribution in [0.5, 0.6) is 5.75 Å². The van der Waals surface area contributed by atoms with Gasteiger partial charge in [-0.2, -0.15) is 0 Å². The van der Waals surface area contributed by atoms with Crippen LogP contribution in [0.4, 0.5) is 4.39 Å². The predicted molar refractivity (Wildman–Crippen MR) is 80.6 cm³/mol. The summed E-state index contributed by atoms with van der Waals surface area (Å²) in [7, 11) is 1.62. The van der Waals surface area contributed by atoms with Gasteiger partial charge in [-0.05, 0) is 60.4 Å². The van der Waals surface area contributed by atoms with Crippen molar-refractivity contribution in [1.82, 2.24) is 0 Å². The highest BCUT2D eigenvalue weighted by molar-refractivity contribution is 9.10. The molecule has 0 saturated heterocycles. The third kappa shape index (κ3) is 2.86. The van der Waals surface area contributed by atoms with E-state index < -0.39 is 6.10 Å². The van der Waals surface area contributed by atoms with Crippen LogP contribution in [-0.2, 0) is 0 Å². The molecule has 2 aromatic carbocycles. The van der Waals surface area contributed by atoms with E-state index in [9.17, 15) is 9.50 Å². The van der Waals surface area contributed by atoms with Gasteiger partial charge in [0.1, 0.15) is 17.7 Å². The molecule has 2 aromatic rings. The Morgan fingerprint density at radius 2 is 1.80 bits per heavy atom. The van der Waals surface area contributed by atoms with Crippen molar-refractivity contribution in [3.05, 3.63) is 62.9 Å². The maximum absolute atomic E-state index is 13.1. The van der Waals surface area contributed by atoms with Gasteiger partial charge in [0.05, 0.1) is 7.11 Å². The topological polar surface area (TPSA) is 29.5 Å². The van der Waals surface area contributed by atoms with Gasteiger partial charge >= 0.3 is 0 Å². The first-order valence-corrected chi connectivity index (χ1v) is 7.01. The van der Waals surface area contributed by atoms with Crippen molar-refractivity contribution >= 4 is 15.9 Å². The van der Waals surface area contributed by atoms with Gasteiger partial charge in [0.2, 0.25) is 0 Å². The SMILES string of the molecule is COc1cc(C)c(C(O)c2ccc(F)cc2Br)cc1C. The molecular formula is C16H16BrFO2. The molecule has 0 fully saturated rings. The van der Waals surface area contributed by atoms with Crippen molar-refractivity contribution in [2.75, 3.05) is 7.11 Å². The second kappa shape index (κ2) is 5.94. The fourth-order valence-corrected chi connectivity index (χ4v) is 2.79. The number of benzene rings is 2. The molecule has 0 aliphatic heterocycles. The van der Waals surface area contributed by atoms with E-state index in [-0.39, 0.29) is 5.82 Å². The van der Waals surface area contributed by atoms with E-state index in [0.717, 1.165) is 22.4 Å². The van der Waals surface area contributed by atoms with E-state index in [0.29, 0.717) is 10.0 Å². The Morgan fingerprint density at radius 1 is 1.10 bits per heavy atom. The fourth-order valence-electron chi connectivity index (χ4n) is 2.22. The largest absolute Gasteiger partial charge is 0.496 e. The van der Waals surface area contributed by atoms with Crippen LogP contribution in [0.1, 0.15) is 28.4 Å². The number of aryl methyl sites for hydroxylation is 2. The Bertz CT molecular complexity index is 641. The number of rotatable bonds is 3. The molecule has 2 nitrogen and oxygen atoms in total. The average Bonchev–Trinajstić information content (AvgIpc) is 2.40. The van der Waals surface area contributed by atoms with Crippen molar-refractivity contribution in [2.24, 2.45) is 0 Å². The molecule has 0 aliphatic rings. The van der Waals surface area contributed by atoms with Gasteiger partial charge < -0.3 is 9.84 Å². The van der Waals surface area contributed by atoms with Crippen molar-refractivity contribution in [2.45, 2.75) is 20.0 Å². The Labute approximate surface area is 126 Å². The molecule has 4 heteroatoms. The summed E-state index contributed by atoms with van der Waals surface area (Å²) in [5.41, 5.74) is 3.30. The summed E-state index contributed by atoms with van der Waals surface area (Å²) >= 11 is 3.29. The summed E-state index contributed by atoms with van der Waals surface area (Å²) in [6.07, 6.45) is -0.811. The highest BCUT2D eigenvalue weighted by atomic mass is 79.9. The van der Waals surface area contributed by atoms with Gasteiger partial charge in [-0.25, -0.2) is 4.39 Å². The molecule has 0 amide bonds. The fraction of sp³-hybridized carbons (Fsp3) is 0.250. The zero-order valence-electron chi connectivity index (χ0n) is 11.6. The molecule has 1 N–H and O–H groups in total. The van der Waals surface area contributed by atoms with E-state index in [4.69, 9.17) is 4.74 Å². The van der Waals surface area contributed by atoms with E-state index >= 15 is 0 Å². The first-order valence-electron chi connectivity index (χ1n) is 6.22. The van der Waals surface area contributed by atoms with Gasteiger partial charge in [-0.1, -0.05) is 22.0 Å². The third-order valence-corrected chi connectivity index (χ3v) is 4.02. The number of halogens is 2. The molecule has 2 rings (SSSR count). The molecule has 0 spiro atoms. The van der Waals surface area contributed by atoms with Crippen LogP contribution in [0.2, 0.25) is 0 Å². The minimum absolute atomic E-state index is 0.338. The molecule has 1 unspecified atom stereocenters. The molecule has 1 atom stereocenters. The van der Waals surface area contributed by atoms with E-state index in [2.05, 4.69) is 15.9 Å². The highest BCUT2D eigenvalue weighted by Gasteiger charge is 2.17. The second-order valence-electron chi connectivity index (χ2n) is 4.75. The van der Waals surface area contributed by atoms with Crippen LogP contribution in [0.15, 0.2) is 34.8 Å². The van der Waals surface area contributed by atoms with E-state index in [1.54, 1.807) is 13.2 Å².